The van der Waals surface area contributed by atoms with E-state index >= 15 is 0 Å². The van der Waals surface area contributed by atoms with Crippen molar-refractivity contribution in [2.45, 2.75) is 20.4 Å². The highest BCUT2D eigenvalue weighted by molar-refractivity contribution is 5.91. The number of aryl methyl sites for hydroxylation is 2. The summed E-state index contributed by atoms with van der Waals surface area (Å²) in [5.41, 5.74) is 4.50. The van der Waals surface area contributed by atoms with Crippen LogP contribution < -0.4 is 10.1 Å². The van der Waals surface area contributed by atoms with Crippen LogP contribution in [0.25, 0.3) is 5.69 Å². The first-order valence-electron chi connectivity index (χ1n) is 9.30. The molecule has 0 radical (unpaired) electrons. The number of carbonyl (C=O) groups excluding carboxylic acids is 2. The molecule has 1 amide bonds. The van der Waals surface area contributed by atoms with E-state index in [0.29, 0.717) is 12.1 Å². The van der Waals surface area contributed by atoms with E-state index in [4.69, 9.17) is 9.47 Å². The van der Waals surface area contributed by atoms with Crippen molar-refractivity contribution in [2.24, 2.45) is 0 Å². The molecule has 0 bridgehead atoms. The molecule has 0 aliphatic heterocycles. The Kier molecular flexibility index (Phi) is 6.34. The topological polar surface area (TPSA) is 69.6 Å². The number of aromatic nitrogens is 1. The molecule has 1 heterocycles. The van der Waals surface area contributed by atoms with Gasteiger partial charge < -0.3 is 19.4 Å². The fraction of sp³-hybridized carbons (Fsp3) is 0.217. The van der Waals surface area contributed by atoms with Gasteiger partial charge in [-0.1, -0.05) is 12.1 Å². The van der Waals surface area contributed by atoms with Gasteiger partial charge in [-0.2, -0.15) is 0 Å². The number of rotatable bonds is 7. The Morgan fingerprint density at radius 3 is 2.31 bits per heavy atom. The molecular formula is C23H24N2O4. The van der Waals surface area contributed by atoms with Gasteiger partial charge in [0.05, 0.1) is 12.7 Å². The minimum Gasteiger partial charge on any atom is -0.497 e. The van der Waals surface area contributed by atoms with Gasteiger partial charge in [0, 0.05) is 23.6 Å². The highest BCUT2D eigenvalue weighted by atomic mass is 16.5. The van der Waals surface area contributed by atoms with Gasteiger partial charge in [-0.25, -0.2) is 4.79 Å². The third kappa shape index (κ3) is 5.04. The molecule has 150 valence electrons. The van der Waals surface area contributed by atoms with Crippen LogP contribution in [0.1, 0.15) is 27.3 Å². The fourth-order valence-electron chi connectivity index (χ4n) is 3.07. The molecule has 1 aromatic heterocycles. The zero-order valence-electron chi connectivity index (χ0n) is 16.8. The maximum atomic E-state index is 12.2. The molecule has 0 saturated carbocycles. The van der Waals surface area contributed by atoms with Crippen LogP contribution in [0.2, 0.25) is 0 Å². The number of hydrogen-bond donors (Lipinski definition) is 1. The molecule has 0 spiro atoms. The number of ether oxygens (including phenoxy) is 2. The predicted molar refractivity (Wildman–Crippen MR) is 110 cm³/mol. The SMILES string of the molecule is COc1cccc(CNC(=O)COC(=O)c2ccc(-n3c(C)ccc3C)cc2)c1. The van der Waals surface area contributed by atoms with Crippen LogP contribution in [0.4, 0.5) is 0 Å². The lowest BCUT2D eigenvalue weighted by Gasteiger charge is -2.10. The molecule has 1 N–H and O–H groups in total. The number of esters is 1. The van der Waals surface area contributed by atoms with E-state index in [0.717, 1.165) is 28.4 Å². The van der Waals surface area contributed by atoms with Crippen LogP contribution in [0, 0.1) is 13.8 Å². The van der Waals surface area contributed by atoms with Gasteiger partial charge in [0.25, 0.3) is 5.91 Å². The van der Waals surface area contributed by atoms with Crippen LogP contribution in [-0.2, 0) is 16.1 Å². The Labute approximate surface area is 170 Å². The third-order valence-electron chi connectivity index (χ3n) is 4.59. The molecule has 3 aromatic rings. The van der Waals surface area contributed by atoms with Gasteiger partial charge in [0.1, 0.15) is 5.75 Å². The first-order valence-corrected chi connectivity index (χ1v) is 9.30. The van der Waals surface area contributed by atoms with Crippen LogP contribution in [0.3, 0.4) is 0 Å². The molecular weight excluding hydrogens is 368 g/mol. The third-order valence-corrected chi connectivity index (χ3v) is 4.59. The van der Waals surface area contributed by atoms with Crippen LogP contribution in [0.15, 0.2) is 60.7 Å². The summed E-state index contributed by atoms with van der Waals surface area (Å²) in [6, 6.07) is 18.6. The summed E-state index contributed by atoms with van der Waals surface area (Å²) in [5.74, 6) is -0.178. The van der Waals surface area contributed by atoms with Crippen LogP contribution >= 0.6 is 0 Å². The summed E-state index contributed by atoms with van der Waals surface area (Å²) in [4.78, 5) is 24.2. The lowest BCUT2D eigenvalue weighted by atomic mass is 10.2. The van der Waals surface area contributed by atoms with Crippen molar-refractivity contribution < 1.29 is 19.1 Å². The van der Waals surface area contributed by atoms with Crippen molar-refractivity contribution >= 4 is 11.9 Å². The second-order valence-electron chi connectivity index (χ2n) is 6.70. The second-order valence-corrected chi connectivity index (χ2v) is 6.70. The molecule has 6 heteroatoms. The predicted octanol–water partition coefficient (Wildman–Crippen LogP) is 3.58. The van der Waals surface area contributed by atoms with Crippen molar-refractivity contribution in [1.82, 2.24) is 9.88 Å². The van der Waals surface area contributed by atoms with Gasteiger partial charge >= 0.3 is 5.97 Å². The molecule has 0 aliphatic rings. The highest BCUT2D eigenvalue weighted by Gasteiger charge is 2.11. The zero-order valence-corrected chi connectivity index (χ0v) is 16.8. The monoisotopic (exact) mass is 392 g/mol. The lowest BCUT2D eigenvalue weighted by molar-refractivity contribution is -0.124. The molecule has 0 atom stereocenters. The summed E-state index contributed by atoms with van der Waals surface area (Å²) in [6.45, 7) is 4.05. The highest BCUT2D eigenvalue weighted by Crippen LogP contribution is 2.17. The standard InChI is InChI=1S/C23H24N2O4/c1-16-7-8-17(2)25(16)20-11-9-19(10-12-20)23(27)29-15-22(26)24-14-18-5-4-6-21(13-18)28-3/h4-13H,14-15H2,1-3H3,(H,24,26). The Bertz CT molecular complexity index is 986. The van der Waals surface area contributed by atoms with Gasteiger partial charge in [-0.3, -0.25) is 4.79 Å². The van der Waals surface area contributed by atoms with Crippen molar-refractivity contribution in [3.05, 3.63) is 83.2 Å². The first-order chi connectivity index (χ1) is 14.0. The normalized spacial score (nSPS) is 10.4. The number of amides is 1. The molecule has 2 aromatic carbocycles. The Morgan fingerprint density at radius 1 is 0.966 bits per heavy atom. The van der Waals surface area contributed by atoms with E-state index in [9.17, 15) is 9.59 Å². The van der Waals surface area contributed by atoms with E-state index < -0.39 is 5.97 Å². The van der Waals surface area contributed by atoms with Crippen LogP contribution in [-0.4, -0.2) is 30.2 Å². The molecule has 0 aliphatic carbocycles. The fourth-order valence-corrected chi connectivity index (χ4v) is 3.07. The quantitative estimate of drug-likeness (QED) is 0.624. The first kappa shape index (κ1) is 20.2. The molecule has 0 saturated heterocycles. The summed E-state index contributed by atoms with van der Waals surface area (Å²) >= 11 is 0. The van der Waals surface area contributed by atoms with Crippen molar-refractivity contribution in [2.75, 3.05) is 13.7 Å². The van der Waals surface area contributed by atoms with Gasteiger partial charge in [0.15, 0.2) is 6.61 Å². The second kappa shape index (κ2) is 9.10. The van der Waals surface area contributed by atoms with E-state index in [1.54, 1.807) is 19.2 Å². The van der Waals surface area contributed by atoms with E-state index in [2.05, 4.69) is 9.88 Å². The van der Waals surface area contributed by atoms with Gasteiger partial charge in [-0.05, 0) is 67.9 Å². The molecule has 29 heavy (non-hydrogen) atoms. The minimum absolute atomic E-state index is 0.331. The van der Waals surface area contributed by atoms with E-state index in [1.807, 2.05) is 62.4 Å². The maximum absolute atomic E-state index is 12.2. The molecule has 0 unspecified atom stereocenters. The number of benzene rings is 2. The number of methoxy groups -OCH3 is 1. The number of nitrogens with zero attached hydrogens (tertiary/aromatic N) is 1. The number of hydrogen-bond acceptors (Lipinski definition) is 4. The summed E-state index contributed by atoms with van der Waals surface area (Å²) in [6.07, 6.45) is 0. The summed E-state index contributed by atoms with van der Waals surface area (Å²) < 4.78 is 12.4. The summed E-state index contributed by atoms with van der Waals surface area (Å²) in [7, 11) is 1.59. The Hall–Kier alpha value is -3.54. The van der Waals surface area contributed by atoms with Crippen molar-refractivity contribution in [3.8, 4) is 11.4 Å². The lowest BCUT2D eigenvalue weighted by Crippen LogP contribution is -2.28. The van der Waals surface area contributed by atoms with E-state index in [1.165, 1.54) is 0 Å². The van der Waals surface area contributed by atoms with Gasteiger partial charge in [-0.15, -0.1) is 0 Å². The molecule has 6 nitrogen and oxygen atoms in total. The van der Waals surface area contributed by atoms with Crippen LogP contribution in [0.5, 0.6) is 5.75 Å². The zero-order chi connectivity index (χ0) is 20.8. The molecule has 0 fully saturated rings. The van der Waals surface area contributed by atoms with Crippen molar-refractivity contribution in [1.29, 1.82) is 0 Å². The van der Waals surface area contributed by atoms with Crippen molar-refractivity contribution in [3.63, 3.8) is 0 Å². The van der Waals surface area contributed by atoms with E-state index in [-0.39, 0.29) is 12.5 Å². The van der Waals surface area contributed by atoms with Gasteiger partial charge in [0.2, 0.25) is 0 Å². The smallest absolute Gasteiger partial charge is 0.338 e. The maximum Gasteiger partial charge on any atom is 0.338 e. The number of carbonyl (C=O) groups is 2. The summed E-state index contributed by atoms with van der Waals surface area (Å²) in [5, 5.41) is 2.72. The Balaban J connectivity index is 1.51. The number of nitrogens with one attached hydrogen (secondary N) is 1. The minimum atomic E-state index is -0.533. The molecule has 3 rings (SSSR count). The largest absolute Gasteiger partial charge is 0.497 e. The average Bonchev–Trinajstić information content (AvgIpc) is 3.08. The average molecular weight is 392 g/mol. The Morgan fingerprint density at radius 2 is 1.66 bits per heavy atom.